The number of hydrogen-bond acceptors (Lipinski definition) is 3. The van der Waals surface area contributed by atoms with Gasteiger partial charge in [0.2, 0.25) is 0 Å². The van der Waals surface area contributed by atoms with Crippen LogP contribution < -0.4 is 9.47 Å². The van der Waals surface area contributed by atoms with Gasteiger partial charge < -0.3 is 9.47 Å². The van der Waals surface area contributed by atoms with E-state index in [2.05, 4.69) is 0 Å². The molecule has 4 rings (SSSR count). The molecular weight excluding hydrogens is 336 g/mol. The van der Waals surface area contributed by atoms with Gasteiger partial charge in [-0.05, 0) is 23.1 Å². The topological polar surface area (TPSA) is 35.5 Å². The Morgan fingerprint density at radius 1 is 0.667 bits per heavy atom. The molecule has 4 aromatic carbocycles. The molecule has 0 aliphatic heterocycles. The van der Waals surface area contributed by atoms with Gasteiger partial charge in [0.05, 0.1) is 0 Å². The Labute approximate surface area is 157 Å². The molecule has 0 aliphatic rings. The van der Waals surface area contributed by atoms with Crippen molar-refractivity contribution in [2.75, 3.05) is 6.61 Å². The fourth-order valence-electron chi connectivity index (χ4n) is 3.02. The zero-order valence-electron chi connectivity index (χ0n) is 14.7. The predicted molar refractivity (Wildman–Crippen MR) is 107 cm³/mol. The number of esters is 1. The summed E-state index contributed by atoms with van der Waals surface area (Å²) in [5.41, 5.74) is 1.98. The van der Waals surface area contributed by atoms with E-state index in [1.807, 2.05) is 91.0 Å². The third-order valence-corrected chi connectivity index (χ3v) is 4.29. The molecule has 4 aromatic rings. The monoisotopic (exact) mass is 354 g/mol. The molecule has 0 atom stereocenters. The lowest BCUT2D eigenvalue weighted by molar-refractivity contribution is -0.136. The van der Waals surface area contributed by atoms with Gasteiger partial charge in [-0.15, -0.1) is 0 Å². The second-order valence-electron chi connectivity index (χ2n) is 6.10. The van der Waals surface area contributed by atoms with Crippen molar-refractivity contribution < 1.29 is 14.3 Å². The molecule has 3 nitrogen and oxygen atoms in total. The van der Waals surface area contributed by atoms with E-state index in [-0.39, 0.29) is 6.61 Å². The summed E-state index contributed by atoms with van der Waals surface area (Å²) in [6.07, 6.45) is 0. The molecule has 0 bridgehead atoms. The van der Waals surface area contributed by atoms with Crippen LogP contribution in [0.1, 0.15) is 0 Å². The molecule has 0 amide bonds. The van der Waals surface area contributed by atoms with Crippen LogP contribution in [0.2, 0.25) is 0 Å². The molecule has 27 heavy (non-hydrogen) atoms. The van der Waals surface area contributed by atoms with Gasteiger partial charge >= 0.3 is 5.97 Å². The summed E-state index contributed by atoms with van der Waals surface area (Å²) < 4.78 is 11.3. The highest BCUT2D eigenvalue weighted by Crippen LogP contribution is 2.30. The fourth-order valence-corrected chi connectivity index (χ4v) is 3.02. The Hall–Kier alpha value is -3.59. The van der Waals surface area contributed by atoms with Crippen molar-refractivity contribution in [1.82, 2.24) is 0 Å². The van der Waals surface area contributed by atoms with Crippen molar-refractivity contribution in [3.8, 4) is 22.6 Å². The first kappa shape index (κ1) is 16.9. The first-order chi connectivity index (χ1) is 13.3. The Kier molecular flexibility index (Phi) is 4.84. The minimum Gasteiger partial charge on any atom is -0.481 e. The summed E-state index contributed by atoms with van der Waals surface area (Å²) >= 11 is 0. The first-order valence-corrected chi connectivity index (χ1v) is 8.77. The summed E-state index contributed by atoms with van der Waals surface area (Å²) in [6.45, 7) is -0.160. The van der Waals surface area contributed by atoms with E-state index < -0.39 is 5.97 Å². The number of para-hydroxylation sites is 1. The maximum Gasteiger partial charge on any atom is 0.349 e. The van der Waals surface area contributed by atoms with E-state index in [4.69, 9.17) is 9.47 Å². The molecule has 132 valence electrons. The van der Waals surface area contributed by atoms with Crippen LogP contribution in [0.25, 0.3) is 21.9 Å². The van der Waals surface area contributed by atoms with Gasteiger partial charge in [0, 0.05) is 10.9 Å². The van der Waals surface area contributed by atoms with Crippen LogP contribution in [0.4, 0.5) is 0 Å². The lowest BCUT2D eigenvalue weighted by Gasteiger charge is -2.12. The number of ether oxygens (including phenoxy) is 2. The molecule has 0 aromatic heterocycles. The summed E-state index contributed by atoms with van der Waals surface area (Å²) in [5.74, 6) is 0.755. The summed E-state index contributed by atoms with van der Waals surface area (Å²) in [5, 5.41) is 1.93. The van der Waals surface area contributed by atoms with Gasteiger partial charge in [0.25, 0.3) is 0 Å². The molecule has 0 heterocycles. The van der Waals surface area contributed by atoms with Crippen molar-refractivity contribution in [3.63, 3.8) is 0 Å². The number of fused-ring (bicyclic) bond motifs is 1. The van der Waals surface area contributed by atoms with Crippen LogP contribution in [-0.2, 0) is 4.79 Å². The highest BCUT2D eigenvalue weighted by molar-refractivity contribution is 5.90. The first-order valence-electron chi connectivity index (χ1n) is 8.77. The zero-order valence-corrected chi connectivity index (χ0v) is 14.7. The van der Waals surface area contributed by atoms with Crippen LogP contribution in [0.5, 0.6) is 11.5 Å². The lowest BCUT2D eigenvalue weighted by Crippen LogP contribution is -2.18. The average Bonchev–Trinajstić information content (AvgIpc) is 2.73. The minimum atomic E-state index is -0.436. The van der Waals surface area contributed by atoms with Gasteiger partial charge in [-0.2, -0.15) is 0 Å². The number of carbonyl (C=O) groups excluding carboxylic acids is 1. The second kappa shape index (κ2) is 7.75. The predicted octanol–water partition coefficient (Wildman–Crippen LogP) is 5.49. The third-order valence-electron chi connectivity index (χ3n) is 4.29. The minimum absolute atomic E-state index is 0.160. The number of benzene rings is 4. The van der Waals surface area contributed by atoms with E-state index in [0.29, 0.717) is 11.5 Å². The van der Waals surface area contributed by atoms with Crippen LogP contribution in [0.3, 0.4) is 0 Å². The van der Waals surface area contributed by atoms with Gasteiger partial charge in [0.1, 0.15) is 11.5 Å². The van der Waals surface area contributed by atoms with Crippen molar-refractivity contribution in [2.24, 2.45) is 0 Å². The Bertz CT molecular complexity index is 1070. The van der Waals surface area contributed by atoms with E-state index >= 15 is 0 Å². The smallest absolute Gasteiger partial charge is 0.349 e. The summed E-state index contributed by atoms with van der Waals surface area (Å²) in [7, 11) is 0. The largest absolute Gasteiger partial charge is 0.481 e. The van der Waals surface area contributed by atoms with Crippen LogP contribution in [0, 0.1) is 0 Å². The van der Waals surface area contributed by atoms with Crippen LogP contribution in [-0.4, -0.2) is 12.6 Å². The third kappa shape index (κ3) is 3.82. The molecule has 0 radical (unpaired) electrons. The van der Waals surface area contributed by atoms with Crippen molar-refractivity contribution in [3.05, 3.63) is 97.1 Å². The van der Waals surface area contributed by atoms with Crippen molar-refractivity contribution in [1.29, 1.82) is 0 Å². The highest BCUT2D eigenvalue weighted by atomic mass is 16.6. The molecule has 0 spiro atoms. The van der Waals surface area contributed by atoms with Gasteiger partial charge in [0.15, 0.2) is 6.61 Å². The summed E-state index contributed by atoms with van der Waals surface area (Å²) in [4.78, 5) is 12.3. The molecule has 3 heteroatoms. The zero-order chi connectivity index (χ0) is 18.5. The molecule has 0 aliphatic carbocycles. The van der Waals surface area contributed by atoms with Gasteiger partial charge in [-0.25, -0.2) is 4.79 Å². The van der Waals surface area contributed by atoms with Crippen LogP contribution in [0.15, 0.2) is 97.1 Å². The average molecular weight is 354 g/mol. The summed E-state index contributed by atoms with van der Waals surface area (Å²) in [6, 6.07) is 31.0. The Balaban J connectivity index is 1.49. The SMILES string of the molecule is O=C(COc1ccccc1-c1ccccc1)Oc1cccc2ccccc12. The van der Waals surface area contributed by atoms with E-state index in [1.165, 1.54) is 0 Å². The molecule has 0 saturated heterocycles. The number of carbonyl (C=O) groups is 1. The van der Waals surface area contributed by atoms with Crippen molar-refractivity contribution in [2.45, 2.75) is 0 Å². The van der Waals surface area contributed by atoms with Gasteiger partial charge in [-0.1, -0.05) is 84.9 Å². The van der Waals surface area contributed by atoms with E-state index in [9.17, 15) is 4.79 Å². The Morgan fingerprint density at radius 2 is 1.33 bits per heavy atom. The van der Waals surface area contributed by atoms with E-state index in [1.54, 1.807) is 6.07 Å². The standard InChI is InChI=1S/C24H18O3/c25-24(27-23-16-8-12-19-11-4-5-14-21(19)23)17-26-22-15-7-6-13-20(22)18-9-2-1-3-10-18/h1-16H,17H2. The maximum absolute atomic E-state index is 12.3. The molecule has 0 N–H and O–H groups in total. The Morgan fingerprint density at radius 3 is 2.22 bits per heavy atom. The number of rotatable bonds is 5. The lowest BCUT2D eigenvalue weighted by atomic mass is 10.1. The highest BCUT2D eigenvalue weighted by Gasteiger charge is 2.11. The normalized spacial score (nSPS) is 10.5. The molecule has 0 fully saturated rings. The van der Waals surface area contributed by atoms with Crippen LogP contribution >= 0.6 is 0 Å². The van der Waals surface area contributed by atoms with Crippen molar-refractivity contribution >= 4 is 16.7 Å². The maximum atomic E-state index is 12.3. The molecule has 0 saturated carbocycles. The molecular formula is C24H18O3. The quantitative estimate of drug-likeness (QED) is 0.351. The fraction of sp³-hybridized carbons (Fsp3) is 0.0417. The second-order valence-corrected chi connectivity index (χ2v) is 6.10. The van der Waals surface area contributed by atoms with E-state index in [0.717, 1.165) is 21.9 Å². The van der Waals surface area contributed by atoms with Gasteiger partial charge in [-0.3, -0.25) is 0 Å². The number of hydrogen-bond donors (Lipinski definition) is 0. The molecule has 0 unspecified atom stereocenters.